The van der Waals surface area contributed by atoms with Crippen LogP contribution in [0, 0.1) is 12.8 Å². The maximum Gasteiger partial charge on any atom is 0.330 e. The fourth-order valence-corrected chi connectivity index (χ4v) is 3.48. The van der Waals surface area contributed by atoms with Crippen LogP contribution < -0.4 is 5.32 Å². The lowest BCUT2D eigenvalue weighted by Crippen LogP contribution is -2.44. The Labute approximate surface area is 161 Å². The zero-order valence-electron chi connectivity index (χ0n) is 15.5. The van der Waals surface area contributed by atoms with Crippen LogP contribution in [0.15, 0.2) is 36.9 Å². The number of fused-ring (bicyclic) bond motifs is 1. The summed E-state index contributed by atoms with van der Waals surface area (Å²) in [6, 6.07) is 4.99. The van der Waals surface area contributed by atoms with Crippen LogP contribution in [-0.4, -0.2) is 39.1 Å². The molecular weight excluding hydrogens is 364 g/mol. The summed E-state index contributed by atoms with van der Waals surface area (Å²) < 4.78 is 7.99. The fourth-order valence-electron chi connectivity index (χ4n) is 2.54. The summed E-state index contributed by atoms with van der Waals surface area (Å²) in [7, 11) is 0. The van der Waals surface area contributed by atoms with Crippen molar-refractivity contribution in [3.05, 3.63) is 47.5 Å². The monoisotopic (exact) mass is 386 g/mol. The van der Waals surface area contributed by atoms with Gasteiger partial charge in [-0.15, -0.1) is 11.3 Å². The lowest BCUT2D eigenvalue weighted by atomic mass is 10.2. The molecule has 1 N–H and O–H groups in total. The van der Waals surface area contributed by atoms with Gasteiger partial charge in [0.1, 0.15) is 6.04 Å². The van der Waals surface area contributed by atoms with Gasteiger partial charge < -0.3 is 14.6 Å². The summed E-state index contributed by atoms with van der Waals surface area (Å²) in [6.45, 7) is 6.41. The van der Waals surface area contributed by atoms with Crippen molar-refractivity contribution in [3.63, 3.8) is 0 Å². The minimum absolute atomic E-state index is 0.214. The Morgan fingerprint density at radius 1 is 1.33 bits per heavy atom. The summed E-state index contributed by atoms with van der Waals surface area (Å²) in [5.41, 5.74) is 1.82. The van der Waals surface area contributed by atoms with E-state index in [4.69, 9.17) is 4.74 Å². The van der Waals surface area contributed by atoms with Crippen molar-refractivity contribution in [2.24, 2.45) is 5.92 Å². The molecule has 142 valence electrons. The first kappa shape index (κ1) is 19.0. The van der Waals surface area contributed by atoms with Gasteiger partial charge in [-0.25, -0.2) is 14.8 Å². The summed E-state index contributed by atoms with van der Waals surface area (Å²) in [5.74, 6) is -0.643. The molecular formula is C19H22N4O3S. The molecule has 7 nitrogen and oxygen atoms in total. The first-order valence-electron chi connectivity index (χ1n) is 8.73. The Balaban J connectivity index is 1.77. The number of aromatic nitrogens is 3. The van der Waals surface area contributed by atoms with E-state index in [0.717, 1.165) is 15.8 Å². The number of para-hydroxylation sites is 1. The molecule has 0 aliphatic carbocycles. The maximum absolute atomic E-state index is 12.7. The number of ether oxygens (including phenoxy) is 1. The average molecular weight is 386 g/mol. The lowest BCUT2D eigenvalue weighted by molar-refractivity contribution is -0.147. The highest BCUT2D eigenvalue weighted by atomic mass is 32.1. The number of benzene rings is 1. The van der Waals surface area contributed by atoms with Crippen LogP contribution >= 0.6 is 11.3 Å². The summed E-state index contributed by atoms with van der Waals surface area (Å²) >= 11 is 1.31. The Kier molecular flexibility index (Phi) is 5.85. The van der Waals surface area contributed by atoms with Crippen molar-refractivity contribution in [1.82, 2.24) is 19.9 Å². The molecule has 0 aliphatic heterocycles. The molecule has 2 aromatic heterocycles. The highest BCUT2D eigenvalue weighted by Gasteiger charge is 2.25. The molecule has 0 saturated carbocycles. The van der Waals surface area contributed by atoms with E-state index in [-0.39, 0.29) is 18.4 Å². The summed E-state index contributed by atoms with van der Waals surface area (Å²) in [5, 5.41) is 3.09. The Morgan fingerprint density at radius 3 is 2.81 bits per heavy atom. The number of nitrogens with one attached hydrogen (secondary N) is 1. The normalized spacial score (nSPS) is 12.3. The number of imidazole rings is 1. The van der Waals surface area contributed by atoms with Crippen LogP contribution in [0.5, 0.6) is 0 Å². The third-order valence-corrected chi connectivity index (χ3v) is 4.94. The third-order valence-electron chi connectivity index (χ3n) is 3.92. The third kappa shape index (κ3) is 4.71. The number of esters is 1. The van der Waals surface area contributed by atoms with Crippen molar-refractivity contribution in [1.29, 1.82) is 0 Å². The molecule has 2 heterocycles. The van der Waals surface area contributed by atoms with E-state index in [1.54, 1.807) is 23.3 Å². The standard InChI is InChI=1S/C19H22N4O3S/c1-12(2)10-26-19(25)14(9-23-8-7-20-11-23)21-17(24)18-22-16-13(3)5-4-6-15(16)27-18/h4-8,11-12,14H,9-10H2,1-3H3,(H,21,24)/t14-/m0/s1. The van der Waals surface area contributed by atoms with Crippen molar-refractivity contribution in [3.8, 4) is 0 Å². The van der Waals surface area contributed by atoms with Crippen LogP contribution in [-0.2, 0) is 16.1 Å². The van der Waals surface area contributed by atoms with Crippen LogP contribution in [0.3, 0.4) is 0 Å². The second kappa shape index (κ2) is 8.30. The van der Waals surface area contributed by atoms with E-state index in [2.05, 4.69) is 15.3 Å². The van der Waals surface area contributed by atoms with E-state index in [9.17, 15) is 9.59 Å². The van der Waals surface area contributed by atoms with Crippen LogP contribution in [0.1, 0.15) is 29.2 Å². The Morgan fingerprint density at radius 2 is 2.15 bits per heavy atom. The molecule has 3 rings (SSSR count). The van der Waals surface area contributed by atoms with Crippen molar-refractivity contribution < 1.29 is 14.3 Å². The first-order chi connectivity index (χ1) is 12.9. The fraction of sp³-hybridized carbons (Fsp3) is 0.368. The number of hydrogen-bond donors (Lipinski definition) is 1. The molecule has 0 fully saturated rings. The van der Waals surface area contributed by atoms with Gasteiger partial charge >= 0.3 is 5.97 Å². The van der Waals surface area contributed by atoms with Gasteiger partial charge in [-0.3, -0.25) is 4.79 Å². The summed E-state index contributed by atoms with van der Waals surface area (Å²) in [4.78, 5) is 33.6. The van der Waals surface area contributed by atoms with Crippen LogP contribution in [0.25, 0.3) is 10.2 Å². The minimum Gasteiger partial charge on any atom is -0.464 e. The van der Waals surface area contributed by atoms with E-state index in [1.165, 1.54) is 11.3 Å². The van der Waals surface area contributed by atoms with E-state index in [0.29, 0.717) is 11.6 Å². The topological polar surface area (TPSA) is 86.1 Å². The highest BCUT2D eigenvalue weighted by Crippen LogP contribution is 2.24. The van der Waals surface area contributed by atoms with Gasteiger partial charge in [0.15, 0.2) is 5.01 Å². The number of nitrogens with zero attached hydrogens (tertiary/aromatic N) is 3. The SMILES string of the molecule is Cc1cccc2sc(C(=O)N[C@@H](Cn3ccnc3)C(=O)OCC(C)C)nc12. The van der Waals surface area contributed by atoms with Crippen molar-refractivity contribution in [2.75, 3.05) is 6.61 Å². The zero-order valence-corrected chi connectivity index (χ0v) is 16.3. The number of aryl methyl sites for hydroxylation is 1. The molecule has 8 heteroatoms. The number of rotatable bonds is 7. The molecule has 0 bridgehead atoms. The second-order valence-electron chi connectivity index (χ2n) is 6.75. The highest BCUT2D eigenvalue weighted by molar-refractivity contribution is 7.20. The van der Waals surface area contributed by atoms with Gasteiger partial charge in [-0.1, -0.05) is 26.0 Å². The number of amides is 1. The second-order valence-corrected chi connectivity index (χ2v) is 7.78. The molecule has 1 atom stereocenters. The van der Waals surface area contributed by atoms with Gasteiger partial charge in [0.05, 0.1) is 29.7 Å². The molecule has 0 spiro atoms. The molecule has 27 heavy (non-hydrogen) atoms. The van der Waals surface area contributed by atoms with Crippen molar-refractivity contribution in [2.45, 2.75) is 33.4 Å². The Hall–Kier alpha value is -2.74. The number of hydrogen-bond acceptors (Lipinski definition) is 6. The molecule has 1 amide bonds. The van der Waals surface area contributed by atoms with Crippen LogP contribution in [0.2, 0.25) is 0 Å². The quantitative estimate of drug-likeness (QED) is 0.631. The summed E-state index contributed by atoms with van der Waals surface area (Å²) in [6.07, 6.45) is 4.94. The van der Waals surface area contributed by atoms with Gasteiger partial charge in [0, 0.05) is 12.4 Å². The van der Waals surface area contributed by atoms with Gasteiger partial charge in [-0.2, -0.15) is 0 Å². The minimum atomic E-state index is -0.821. The largest absolute Gasteiger partial charge is 0.464 e. The molecule has 0 radical (unpaired) electrons. The van der Waals surface area contributed by atoms with Gasteiger partial charge in [0.25, 0.3) is 5.91 Å². The van der Waals surface area contributed by atoms with Gasteiger partial charge in [0.2, 0.25) is 0 Å². The van der Waals surface area contributed by atoms with Crippen LogP contribution in [0.4, 0.5) is 0 Å². The number of carbonyl (C=O) groups excluding carboxylic acids is 2. The van der Waals surface area contributed by atoms with Gasteiger partial charge in [-0.05, 0) is 24.5 Å². The first-order valence-corrected chi connectivity index (χ1v) is 9.55. The predicted octanol–water partition coefficient (Wildman–Crippen LogP) is 2.80. The molecule has 1 aromatic carbocycles. The number of carbonyl (C=O) groups is 2. The molecule has 0 aliphatic rings. The molecule has 0 unspecified atom stereocenters. The number of thiazole rings is 1. The molecule has 0 saturated heterocycles. The van der Waals surface area contributed by atoms with Crippen molar-refractivity contribution >= 4 is 33.4 Å². The van der Waals surface area contributed by atoms with E-state index in [1.807, 2.05) is 39.0 Å². The zero-order chi connectivity index (χ0) is 19.4. The van der Waals surface area contributed by atoms with E-state index < -0.39 is 12.0 Å². The molecule has 3 aromatic rings. The van der Waals surface area contributed by atoms with E-state index >= 15 is 0 Å². The predicted molar refractivity (Wildman–Crippen MR) is 104 cm³/mol. The lowest BCUT2D eigenvalue weighted by Gasteiger charge is -2.18. The maximum atomic E-state index is 12.7. The smallest absolute Gasteiger partial charge is 0.330 e. The Bertz CT molecular complexity index is 934. The average Bonchev–Trinajstić information content (AvgIpc) is 3.29.